The van der Waals surface area contributed by atoms with Crippen molar-refractivity contribution in [2.75, 3.05) is 11.9 Å². The van der Waals surface area contributed by atoms with Crippen LogP contribution in [0.4, 0.5) is 19.3 Å². The molecule has 2 amide bonds. The molecule has 0 aliphatic rings. The number of nitrogens with one attached hydrogen (secondary N) is 2. The van der Waals surface area contributed by atoms with E-state index in [2.05, 4.69) is 26.6 Å². The molecule has 0 fully saturated rings. The van der Waals surface area contributed by atoms with Gasteiger partial charge in [0.2, 0.25) is 0 Å². The van der Waals surface area contributed by atoms with Crippen molar-refractivity contribution >= 4 is 27.6 Å². The number of hydrogen-bond donors (Lipinski definition) is 2. The number of carbonyl (C=O) groups is 1. The maximum Gasteiger partial charge on any atom is 0.319 e. The number of urea groups is 1. The highest BCUT2D eigenvalue weighted by Crippen LogP contribution is 2.23. The first-order chi connectivity index (χ1) is 7.54. The zero-order valence-corrected chi connectivity index (χ0v) is 10.2. The van der Waals surface area contributed by atoms with Crippen LogP contribution in [-0.2, 0) is 0 Å². The highest BCUT2D eigenvalue weighted by molar-refractivity contribution is 9.10. The summed E-state index contributed by atoms with van der Waals surface area (Å²) in [5.74, 6) is -1.64. The van der Waals surface area contributed by atoms with E-state index in [1.807, 2.05) is 6.92 Å². The summed E-state index contributed by atoms with van der Waals surface area (Å²) in [7, 11) is 0. The first-order valence-electron chi connectivity index (χ1n) is 4.74. The summed E-state index contributed by atoms with van der Waals surface area (Å²) in [5, 5.41) is 4.57. The second kappa shape index (κ2) is 5.79. The molecular formula is C10H11BrF2N2O. The Labute approximate surface area is 100 Å². The highest BCUT2D eigenvalue weighted by atomic mass is 79.9. The lowest BCUT2D eigenvalue weighted by Gasteiger charge is -2.08. The molecule has 0 aromatic heterocycles. The van der Waals surface area contributed by atoms with Gasteiger partial charge in [-0.15, -0.1) is 0 Å². The van der Waals surface area contributed by atoms with E-state index in [0.717, 1.165) is 18.6 Å². The van der Waals surface area contributed by atoms with Crippen molar-refractivity contribution in [2.24, 2.45) is 0 Å². The molecule has 88 valence electrons. The fourth-order valence-corrected chi connectivity index (χ4v) is 1.46. The molecule has 0 saturated heterocycles. The molecule has 0 atom stereocenters. The van der Waals surface area contributed by atoms with Gasteiger partial charge >= 0.3 is 6.03 Å². The maximum atomic E-state index is 13.3. The van der Waals surface area contributed by atoms with Gasteiger partial charge in [0, 0.05) is 11.0 Å². The summed E-state index contributed by atoms with van der Waals surface area (Å²) in [6.45, 7) is 2.33. The third kappa shape index (κ3) is 3.44. The number of carbonyl (C=O) groups excluding carboxylic acids is 1. The van der Waals surface area contributed by atoms with Gasteiger partial charge in [-0.3, -0.25) is 0 Å². The van der Waals surface area contributed by atoms with E-state index in [1.165, 1.54) is 0 Å². The van der Waals surface area contributed by atoms with E-state index in [4.69, 9.17) is 0 Å². The van der Waals surface area contributed by atoms with Crippen molar-refractivity contribution in [3.05, 3.63) is 28.2 Å². The number of hydrogen-bond acceptors (Lipinski definition) is 1. The lowest BCUT2D eigenvalue weighted by molar-refractivity contribution is 0.252. The fraction of sp³-hybridized carbons (Fsp3) is 0.300. The van der Waals surface area contributed by atoms with Crippen LogP contribution in [-0.4, -0.2) is 12.6 Å². The minimum absolute atomic E-state index is 0.280. The van der Waals surface area contributed by atoms with Gasteiger partial charge in [-0.2, -0.15) is 0 Å². The number of anilines is 1. The van der Waals surface area contributed by atoms with E-state index in [0.29, 0.717) is 6.54 Å². The SMILES string of the molecule is CCCNC(=O)Nc1c(F)cc(Br)cc1F. The summed E-state index contributed by atoms with van der Waals surface area (Å²) < 4.78 is 26.8. The Kier molecular flexibility index (Phi) is 4.67. The topological polar surface area (TPSA) is 41.1 Å². The first-order valence-corrected chi connectivity index (χ1v) is 5.53. The van der Waals surface area contributed by atoms with Crippen LogP contribution in [0.5, 0.6) is 0 Å². The van der Waals surface area contributed by atoms with Crippen LogP contribution in [0.1, 0.15) is 13.3 Å². The van der Waals surface area contributed by atoms with Crippen LogP contribution in [0, 0.1) is 11.6 Å². The fourth-order valence-electron chi connectivity index (χ4n) is 1.06. The van der Waals surface area contributed by atoms with Crippen molar-refractivity contribution in [2.45, 2.75) is 13.3 Å². The van der Waals surface area contributed by atoms with Crippen molar-refractivity contribution < 1.29 is 13.6 Å². The summed E-state index contributed by atoms with van der Waals surface area (Å²) in [6, 6.07) is 1.54. The quantitative estimate of drug-likeness (QED) is 0.882. The lowest BCUT2D eigenvalue weighted by Crippen LogP contribution is -2.30. The molecule has 1 aromatic carbocycles. The molecule has 6 heteroatoms. The summed E-state index contributed by atoms with van der Waals surface area (Å²) in [6.07, 6.45) is 0.749. The lowest BCUT2D eigenvalue weighted by atomic mass is 10.3. The Balaban J connectivity index is 2.77. The summed E-state index contributed by atoms with van der Waals surface area (Å²) in [5.41, 5.74) is -0.447. The maximum absolute atomic E-state index is 13.3. The number of halogens is 3. The Hall–Kier alpha value is -1.17. The predicted octanol–water partition coefficient (Wildman–Crippen LogP) is 3.26. The predicted molar refractivity (Wildman–Crippen MR) is 61.4 cm³/mol. The zero-order valence-electron chi connectivity index (χ0n) is 8.61. The minimum Gasteiger partial charge on any atom is -0.338 e. The second-order valence-electron chi connectivity index (χ2n) is 3.13. The second-order valence-corrected chi connectivity index (χ2v) is 4.04. The number of benzene rings is 1. The van der Waals surface area contributed by atoms with Crippen LogP contribution in [0.2, 0.25) is 0 Å². The highest BCUT2D eigenvalue weighted by Gasteiger charge is 2.12. The molecule has 2 N–H and O–H groups in total. The molecular weight excluding hydrogens is 282 g/mol. The van der Waals surface area contributed by atoms with Gasteiger partial charge in [-0.1, -0.05) is 22.9 Å². The average molecular weight is 293 g/mol. The van der Waals surface area contributed by atoms with Crippen LogP contribution >= 0.6 is 15.9 Å². The molecule has 0 saturated carbocycles. The van der Waals surface area contributed by atoms with Crippen molar-refractivity contribution in [3.63, 3.8) is 0 Å². The molecule has 16 heavy (non-hydrogen) atoms. The van der Waals surface area contributed by atoms with Gasteiger partial charge in [-0.25, -0.2) is 13.6 Å². The molecule has 1 aromatic rings. The first kappa shape index (κ1) is 12.9. The summed E-state index contributed by atoms with van der Waals surface area (Å²) in [4.78, 5) is 11.2. The Morgan fingerprint density at radius 3 is 2.44 bits per heavy atom. The normalized spacial score (nSPS) is 10.0. The van der Waals surface area contributed by atoms with Gasteiger partial charge in [0.25, 0.3) is 0 Å². The molecule has 0 bridgehead atoms. The largest absolute Gasteiger partial charge is 0.338 e. The summed E-state index contributed by atoms with van der Waals surface area (Å²) >= 11 is 2.95. The minimum atomic E-state index is -0.821. The molecule has 0 unspecified atom stereocenters. The third-order valence-electron chi connectivity index (χ3n) is 1.78. The van der Waals surface area contributed by atoms with Gasteiger partial charge in [0.1, 0.15) is 5.69 Å². The number of rotatable bonds is 3. The Bertz CT molecular complexity index is 375. The van der Waals surface area contributed by atoms with E-state index >= 15 is 0 Å². The van der Waals surface area contributed by atoms with Gasteiger partial charge in [0.05, 0.1) is 0 Å². The van der Waals surface area contributed by atoms with E-state index in [9.17, 15) is 13.6 Å². The van der Waals surface area contributed by atoms with Gasteiger partial charge < -0.3 is 10.6 Å². The van der Waals surface area contributed by atoms with Gasteiger partial charge in [0.15, 0.2) is 11.6 Å². The molecule has 0 spiro atoms. The molecule has 0 aliphatic heterocycles. The van der Waals surface area contributed by atoms with Crippen LogP contribution < -0.4 is 10.6 Å². The van der Waals surface area contributed by atoms with E-state index in [1.54, 1.807) is 0 Å². The zero-order chi connectivity index (χ0) is 12.1. The smallest absolute Gasteiger partial charge is 0.319 e. The van der Waals surface area contributed by atoms with Crippen LogP contribution in [0.3, 0.4) is 0 Å². The van der Waals surface area contributed by atoms with E-state index in [-0.39, 0.29) is 4.47 Å². The molecule has 0 aliphatic carbocycles. The third-order valence-corrected chi connectivity index (χ3v) is 2.24. The van der Waals surface area contributed by atoms with E-state index < -0.39 is 23.4 Å². The molecule has 0 radical (unpaired) electrons. The monoisotopic (exact) mass is 292 g/mol. The molecule has 3 nitrogen and oxygen atoms in total. The van der Waals surface area contributed by atoms with Crippen molar-refractivity contribution in [1.82, 2.24) is 5.32 Å². The standard InChI is InChI=1S/C10H11BrF2N2O/c1-2-3-14-10(16)15-9-7(12)4-6(11)5-8(9)13/h4-5H,2-3H2,1H3,(H2,14,15,16). The average Bonchev–Trinajstić information content (AvgIpc) is 2.20. The molecule has 0 heterocycles. The van der Waals surface area contributed by atoms with Crippen molar-refractivity contribution in [3.8, 4) is 0 Å². The van der Waals surface area contributed by atoms with Crippen LogP contribution in [0.25, 0.3) is 0 Å². The van der Waals surface area contributed by atoms with Crippen molar-refractivity contribution in [1.29, 1.82) is 0 Å². The van der Waals surface area contributed by atoms with Crippen LogP contribution in [0.15, 0.2) is 16.6 Å². The molecule has 1 rings (SSSR count). The van der Waals surface area contributed by atoms with Gasteiger partial charge in [-0.05, 0) is 18.6 Å². The number of amides is 2. The Morgan fingerprint density at radius 2 is 1.94 bits per heavy atom. The Morgan fingerprint density at radius 1 is 1.38 bits per heavy atom.